The van der Waals surface area contributed by atoms with E-state index in [-0.39, 0.29) is 11.7 Å². The quantitative estimate of drug-likeness (QED) is 0.820. The van der Waals surface area contributed by atoms with Gasteiger partial charge in [0.25, 0.3) is 0 Å². The van der Waals surface area contributed by atoms with E-state index in [1.165, 1.54) is 12.2 Å². The summed E-state index contributed by atoms with van der Waals surface area (Å²) in [5, 5.41) is 0. The molecule has 0 amide bonds. The number of ether oxygens (including phenoxy) is 2. The Balaban J connectivity index is 1.68. The second-order valence-corrected chi connectivity index (χ2v) is 6.96. The summed E-state index contributed by atoms with van der Waals surface area (Å²) < 4.78 is 13.2. The lowest BCUT2D eigenvalue weighted by atomic mass is 9.91. The Morgan fingerprint density at radius 1 is 1.39 bits per heavy atom. The van der Waals surface area contributed by atoms with Crippen molar-refractivity contribution in [3.8, 4) is 5.75 Å². The van der Waals surface area contributed by atoms with Gasteiger partial charge in [-0.25, -0.2) is 0 Å². The molecule has 18 heavy (non-hydrogen) atoms. The number of halogens is 1. The van der Waals surface area contributed by atoms with E-state index in [2.05, 4.69) is 15.9 Å². The van der Waals surface area contributed by atoms with Gasteiger partial charge < -0.3 is 9.47 Å². The van der Waals surface area contributed by atoms with E-state index in [0.717, 1.165) is 35.4 Å². The maximum atomic E-state index is 6.14. The Bertz CT molecular complexity index is 418. The average Bonchev–Trinajstić information content (AvgIpc) is 2.80. The van der Waals surface area contributed by atoms with E-state index in [9.17, 15) is 0 Å². The van der Waals surface area contributed by atoms with E-state index in [1.54, 1.807) is 0 Å². The molecule has 2 fully saturated rings. The lowest BCUT2D eigenvalue weighted by Gasteiger charge is -2.37. The molecule has 98 valence electrons. The largest absolute Gasteiger partial charge is 0.489 e. The number of para-hydroxylation sites is 1. The molecule has 0 N–H and O–H groups in total. The van der Waals surface area contributed by atoms with Crippen LogP contribution in [0, 0.1) is 0 Å². The van der Waals surface area contributed by atoms with Gasteiger partial charge in [0.05, 0.1) is 16.7 Å². The predicted molar refractivity (Wildman–Crippen MR) is 78.4 cm³/mol. The van der Waals surface area contributed by atoms with Crippen LogP contribution in [0.1, 0.15) is 19.3 Å². The van der Waals surface area contributed by atoms with Gasteiger partial charge in [0, 0.05) is 18.6 Å². The number of hydrogen-bond donors (Lipinski definition) is 0. The molecule has 0 aromatic heterocycles. The first-order chi connectivity index (χ1) is 8.77. The summed E-state index contributed by atoms with van der Waals surface area (Å²) in [4.78, 5) is 0. The van der Waals surface area contributed by atoms with Gasteiger partial charge in [-0.15, -0.1) is 0 Å². The van der Waals surface area contributed by atoms with Crippen molar-refractivity contribution in [1.82, 2.24) is 0 Å². The highest BCUT2D eigenvalue weighted by Crippen LogP contribution is 2.39. The average molecular weight is 329 g/mol. The van der Waals surface area contributed by atoms with Gasteiger partial charge in [-0.2, -0.15) is 11.8 Å². The van der Waals surface area contributed by atoms with Crippen LogP contribution in [-0.2, 0) is 4.74 Å². The van der Waals surface area contributed by atoms with Gasteiger partial charge in [0.15, 0.2) is 0 Å². The molecule has 1 aromatic carbocycles. The Morgan fingerprint density at radius 3 is 3.06 bits per heavy atom. The highest BCUT2D eigenvalue weighted by molar-refractivity contribution is 9.10. The van der Waals surface area contributed by atoms with Gasteiger partial charge in [-0.1, -0.05) is 12.1 Å². The molecular formula is C14H17BrO2S. The van der Waals surface area contributed by atoms with E-state index in [0.29, 0.717) is 0 Å². The smallest absolute Gasteiger partial charge is 0.133 e. The fraction of sp³-hybridized carbons (Fsp3) is 0.571. The molecule has 0 radical (unpaired) electrons. The highest BCUT2D eigenvalue weighted by atomic mass is 79.9. The molecule has 0 bridgehead atoms. The summed E-state index contributed by atoms with van der Waals surface area (Å²) in [5.74, 6) is 3.30. The van der Waals surface area contributed by atoms with E-state index in [4.69, 9.17) is 9.47 Å². The number of benzene rings is 1. The van der Waals surface area contributed by atoms with Crippen LogP contribution >= 0.6 is 27.7 Å². The van der Waals surface area contributed by atoms with Crippen LogP contribution in [0.15, 0.2) is 28.7 Å². The van der Waals surface area contributed by atoms with Gasteiger partial charge in [-0.3, -0.25) is 0 Å². The van der Waals surface area contributed by atoms with Crippen LogP contribution in [0.5, 0.6) is 5.75 Å². The van der Waals surface area contributed by atoms with Crippen molar-refractivity contribution >= 4 is 27.7 Å². The van der Waals surface area contributed by atoms with E-state index >= 15 is 0 Å². The maximum absolute atomic E-state index is 6.14. The minimum absolute atomic E-state index is 0.0921. The van der Waals surface area contributed by atoms with Crippen LogP contribution in [0.3, 0.4) is 0 Å². The molecule has 2 nitrogen and oxygen atoms in total. The fourth-order valence-electron chi connectivity index (χ4n) is 2.67. The zero-order valence-electron chi connectivity index (χ0n) is 10.2. The normalized spacial score (nSPS) is 31.7. The first-order valence-corrected chi connectivity index (χ1v) is 8.35. The third kappa shape index (κ3) is 2.70. The molecule has 0 saturated carbocycles. The Morgan fingerprint density at radius 2 is 2.28 bits per heavy atom. The lowest BCUT2D eigenvalue weighted by molar-refractivity contribution is -0.0960. The van der Waals surface area contributed by atoms with Crippen molar-refractivity contribution in [2.75, 3.05) is 18.1 Å². The third-order valence-corrected chi connectivity index (χ3v) is 5.52. The second kappa shape index (κ2) is 5.43. The van der Waals surface area contributed by atoms with Crippen LogP contribution in [0.2, 0.25) is 0 Å². The maximum Gasteiger partial charge on any atom is 0.133 e. The highest BCUT2D eigenvalue weighted by Gasteiger charge is 2.41. The summed E-state index contributed by atoms with van der Waals surface area (Å²) in [6, 6.07) is 8.07. The van der Waals surface area contributed by atoms with Crippen molar-refractivity contribution in [1.29, 1.82) is 0 Å². The van der Waals surface area contributed by atoms with Crippen LogP contribution < -0.4 is 4.74 Å². The van der Waals surface area contributed by atoms with Crippen molar-refractivity contribution < 1.29 is 9.47 Å². The molecule has 2 aliphatic rings. The van der Waals surface area contributed by atoms with Crippen LogP contribution in [0.4, 0.5) is 0 Å². The van der Waals surface area contributed by atoms with Crippen LogP contribution in [-0.4, -0.2) is 29.8 Å². The van der Waals surface area contributed by atoms with Crippen LogP contribution in [0.25, 0.3) is 0 Å². The molecule has 4 heteroatoms. The minimum Gasteiger partial charge on any atom is -0.489 e. The summed E-state index contributed by atoms with van der Waals surface area (Å²) in [6.45, 7) is 0.829. The molecule has 2 aliphatic heterocycles. The van der Waals surface area contributed by atoms with Crippen molar-refractivity contribution in [3.05, 3.63) is 28.7 Å². The topological polar surface area (TPSA) is 18.5 Å². The molecule has 1 aromatic rings. The molecule has 2 unspecified atom stereocenters. The Labute approximate surface area is 121 Å². The zero-order valence-corrected chi connectivity index (χ0v) is 12.6. The third-order valence-electron chi connectivity index (χ3n) is 3.65. The molecule has 3 rings (SSSR count). The molecule has 0 aliphatic carbocycles. The first kappa shape index (κ1) is 12.8. The van der Waals surface area contributed by atoms with Crippen molar-refractivity contribution in [2.24, 2.45) is 0 Å². The SMILES string of the molecule is Brc1ccccc1OC1CCOC2(CCSC2)C1. The molecular weight excluding hydrogens is 312 g/mol. The minimum atomic E-state index is 0.0921. The summed E-state index contributed by atoms with van der Waals surface area (Å²) in [7, 11) is 0. The van der Waals surface area contributed by atoms with E-state index < -0.39 is 0 Å². The molecule has 2 atom stereocenters. The monoisotopic (exact) mass is 328 g/mol. The van der Waals surface area contributed by atoms with Gasteiger partial charge in [0.1, 0.15) is 11.9 Å². The standard InChI is InChI=1S/C14H17BrO2S/c15-12-3-1-2-4-13(12)17-11-5-7-16-14(9-11)6-8-18-10-14/h1-4,11H,5-10H2. The Hall–Kier alpha value is -0.190. The van der Waals surface area contributed by atoms with Crippen molar-refractivity contribution in [2.45, 2.75) is 31.0 Å². The summed E-state index contributed by atoms with van der Waals surface area (Å²) in [6.07, 6.45) is 3.49. The fourth-order valence-corrected chi connectivity index (χ4v) is 4.42. The van der Waals surface area contributed by atoms with E-state index in [1.807, 2.05) is 36.0 Å². The number of thioether (sulfide) groups is 1. The summed E-state index contributed by atoms with van der Waals surface area (Å²) in [5.41, 5.74) is 0.0921. The number of hydrogen-bond acceptors (Lipinski definition) is 3. The Kier molecular flexibility index (Phi) is 3.87. The van der Waals surface area contributed by atoms with Gasteiger partial charge >= 0.3 is 0 Å². The van der Waals surface area contributed by atoms with Gasteiger partial charge in [-0.05, 0) is 40.2 Å². The molecule has 2 heterocycles. The lowest BCUT2D eigenvalue weighted by Crippen LogP contribution is -2.43. The van der Waals surface area contributed by atoms with Crippen molar-refractivity contribution in [3.63, 3.8) is 0 Å². The molecule has 1 spiro atoms. The second-order valence-electron chi connectivity index (χ2n) is 5.00. The summed E-state index contributed by atoms with van der Waals surface area (Å²) >= 11 is 5.54. The van der Waals surface area contributed by atoms with Gasteiger partial charge in [0.2, 0.25) is 0 Å². The number of rotatable bonds is 2. The molecule has 2 saturated heterocycles. The zero-order chi connectivity index (χ0) is 12.4. The predicted octanol–water partition coefficient (Wildman–Crippen LogP) is 3.88. The first-order valence-electron chi connectivity index (χ1n) is 6.40.